The third-order valence-corrected chi connectivity index (χ3v) is 3.10. The van der Waals surface area contributed by atoms with Crippen molar-refractivity contribution in [3.05, 3.63) is 0 Å². The molecule has 2 aliphatic rings. The second-order valence-electron chi connectivity index (χ2n) is 6.06. The van der Waals surface area contributed by atoms with Gasteiger partial charge in [-0.1, -0.05) is 0 Å². The first-order chi connectivity index (χ1) is 7.21. The smallest absolute Gasteiger partial charge is 0.227 e. The Labute approximate surface area is 96.9 Å². The summed E-state index contributed by atoms with van der Waals surface area (Å²) < 4.78 is 11.6. The minimum Gasteiger partial charge on any atom is -0.370 e. The van der Waals surface area contributed by atoms with Gasteiger partial charge in [0.1, 0.15) is 5.72 Å². The fourth-order valence-electron chi connectivity index (χ4n) is 2.57. The minimum absolute atomic E-state index is 0.0331. The summed E-state index contributed by atoms with van der Waals surface area (Å²) in [6.45, 7) is 10.5. The molecule has 0 aromatic heterocycles. The van der Waals surface area contributed by atoms with E-state index in [1.54, 1.807) is 0 Å². The zero-order valence-electron chi connectivity index (χ0n) is 10.7. The van der Waals surface area contributed by atoms with Crippen LogP contribution >= 0.6 is 0 Å². The summed E-state index contributed by atoms with van der Waals surface area (Å²) in [6, 6.07) is 0.0849. The largest absolute Gasteiger partial charge is 0.370 e. The van der Waals surface area contributed by atoms with Crippen LogP contribution in [0.2, 0.25) is 0 Å². The van der Waals surface area contributed by atoms with E-state index in [9.17, 15) is 4.79 Å². The monoisotopic (exact) mass is 227 g/mol. The minimum atomic E-state index is -0.474. The fourth-order valence-corrected chi connectivity index (χ4v) is 2.57. The summed E-state index contributed by atoms with van der Waals surface area (Å²) in [6.07, 6.45) is 0.448. The van der Waals surface area contributed by atoms with Crippen LogP contribution in [0.1, 0.15) is 41.0 Å². The zero-order chi connectivity index (χ0) is 12.1. The molecule has 2 saturated heterocycles. The van der Waals surface area contributed by atoms with Crippen LogP contribution < -0.4 is 0 Å². The summed E-state index contributed by atoms with van der Waals surface area (Å²) in [5, 5.41) is 0. The Balaban J connectivity index is 2.14. The molecule has 0 radical (unpaired) electrons. The third-order valence-electron chi connectivity index (χ3n) is 3.10. The predicted molar refractivity (Wildman–Crippen MR) is 59.9 cm³/mol. The Morgan fingerprint density at radius 3 is 2.62 bits per heavy atom. The van der Waals surface area contributed by atoms with Gasteiger partial charge in [-0.3, -0.25) is 4.79 Å². The molecule has 0 unspecified atom stereocenters. The lowest BCUT2D eigenvalue weighted by molar-refractivity contribution is -0.141. The zero-order valence-corrected chi connectivity index (χ0v) is 10.7. The van der Waals surface area contributed by atoms with E-state index in [2.05, 4.69) is 0 Å². The maximum Gasteiger partial charge on any atom is 0.227 e. The fraction of sp³-hybridized carbons (Fsp3) is 0.917. The lowest BCUT2D eigenvalue weighted by atomic mass is 10.1. The van der Waals surface area contributed by atoms with Crippen molar-refractivity contribution in [1.82, 2.24) is 4.90 Å². The summed E-state index contributed by atoms with van der Waals surface area (Å²) in [7, 11) is 0. The van der Waals surface area contributed by atoms with Crippen LogP contribution in [0.3, 0.4) is 0 Å². The molecule has 2 atom stereocenters. The van der Waals surface area contributed by atoms with E-state index in [1.165, 1.54) is 0 Å². The SMILES string of the molecule is CC(C)(C)O[C@H]1CC(=O)N2[C@@H]1COC2(C)C. The van der Waals surface area contributed by atoms with Gasteiger partial charge in [0.2, 0.25) is 5.91 Å². The highest BCUT2D eigenvalue weighted by molar-refractivity contribution is 5.80. The Bertz CT molecular complexity index is 306. The van der Waals surface area contributed by atoms with Gasteiger partial charge in [0.15, 0.2) is 0 Å². The summed E-state index contributed by atoms with van der Waals surface area (Å²) in [5.41, 5.74) is -0.689. The van der Waals surface area contributed by atoms with Crippen LogP contribution in [0.25, 0.3) is 0 Å². The number of hydrogen-bond donors (Lipinski definition) is 0. The molecular formula is C12H21NO3. The highest BCUT2D eigenvalue weighted by Crippen LogP contribution is 2.37. The normalized spacial score (nSPS) is 33.3. The number of nitrogens with zero attached hydrogens (tertiary/aromatic N) is 1. The lowest BCUT2D eigenvalue weighted by Gasteiger charge is -2.31. The molecule has 0 N–H and O–H groups in total. The second-order valence-corrected chi connectivity index (χ2v) is 6.06. The van der Waals surface area contributed by atoms with E-state index in [-0.39, 0.29) is 23.7 Å². The maximum atomic E-state index is 11.9. The number of carbonyl (C=O) groups excluding carboxylic acids is 1. The highest BCUT2D eigenvalue weighted by Gasteiger charge is 2.53. The average molecular weight is 227 g/mol. The molecule has 92 valence electrons. The molecule has 0 aromatic carbocycles. The molecule has 2 rings (SSSR count). The van der Waals surface area contributed by atoms with Crippen LogP contribution in [-0.4, -0.2) is 40.9 Å². The molecule has 0 saturated carbocycles. The van der Waals surface area contributed by atoms with Gasteiger partial charge in [-0.05, 0) is 34.6 Å². The first-order valence-corrected chi connectivity index (χ1v) is 5.85. The topological polar surface area (TPSA) is 38.8 Å². The van der Waals surface area contributed by atoms with Crippen LogP contribution in [0.15, 0.2) is 0 Å². The maximum absolute atomic E-state index is 11.9. The van der Waals surface area contributed by atoms with E-state index in [1.807, 2.05) is 39.5 Å². The second kappa shape index (κ2) is 3.44. The Morgan fingerprint density at radius 2 is 2.06 bits per heavy atom. The quantitative estimate of drug-likeness (QED) is 0.682. The van der Waals surface area contributed by atoms with Crippen molar-refractivity contribution in [2.75, 3.05) is 6.61 Å². The van der Waals surface area contributed by atoms with Crippen molar-refractivity contribution in [3.8, 4) is 0 Å². The Kier molecular flexibility index (Phi) is 2.55. The number of rotatable bonds is 1. The summed E-state index contributed by atoms with van der Waals surface area (Å²) >= 11 is 0. The van der Waals surface area contributed by atoms with Gasteiger partial charge in [-0.2, -0.15) is 0 Å². The van der Waals surface area contributed by atoms with E-state index in [0.717, 1.165) is 0 Å². The molecule has 2 heterocycles. The van der Waals surface area contributed by atoms with Gasteiger partial charge in [-0.15, -0.1) is 0 Å². The van der Waals surface area contributed by atoms with E-state index < -0.39 is 5.72 Å². The van der Waals surface area contributed by atoms with Gasteiger partial charge in [0, 0.05) is 0 Å². The van der Waals surface area contributed by atoms with Gasteiger partial charge >= 0.3 is 0 Å². The van der Waals surface area contributed by atoms with Crippen LogP contribution in [-0.2, 0) is 14.3 Å². The van der Waals surface area contributed by atoms with E-state index in [4.69, 9.17) is 9.47 Å². The van der Waals surface area contributed by atoms with E-state index >= 15 is 0 Å². The van der Waals surface area contributed by atoms with Crippen LogP contribution in [0.4, 0.5) is 0 Å². The van der Waals surface area contributed by atoms with Gasteiger partial charge in [0.25, 0.3) is 0 Å². The summed E-state index contributed by atoms with van der Waals surface area (Å²) in [4.78, 5) is 13.8. The number of hydrogen-bond acceptors (Lipinski definition) is 3. The van der Waals surface area contributed by atoms with Crippen LogP contribution in [0.5, 0.6) is 0 Å². The summed E-state index contributed by atoms with van der Waals surface area (Å²) in [5.74, 6) is 0.141. The van der Waals surface area contributed by atoms with Crippen molar-refractivity contribution < 1.29 is 14.3 Å². The molecule has 2 aliphatic heterocycles. The number of amides is 1. The third kappa shape index (κ3) is 1.96. The molecule has 0 aromatic rings. The Morgan fingerprint density at radius 1 is 1.44 bits per heavy atom. The first kappa shape index (κ1) is 11.9. The number of carbonyl (C=O) groups is 1. The van der Waals surface area contributed by atoms with Crippen molar-refractivity contribution in [3.63, 3.8) is 0 Å². The molecule has 0 aliphatic carbocycles. The highest BCUT2D eigenvalue weighted by atomic mass is 16.5. The van der Waals surface area contributed by atoms with Crippen molar-refractivity contribution in [2.45, 2.75) is 64.5 Å². The molecule has 2 fully saturated rings. The van der Waals surface area contributed by atoms with E-state index in [0.29, 0.717) is 13.0 Å². The first-order valence-electron chi connectivity index (χ1n) is 5.85. The lowest BCUT2D eigenvalue weighted by Crippen LogP contribution is -2.45. The number of fused-ring (bicyclic) bond motifs is 1. The number of ether oxygens (including phenoxy) is 2. The van der Waals surface area contributed by atoms with Crippen molar-refractivity contribution >= 4 is 5.91 Å². The predicted octanol–water partition coefficient (Wildman–Crippen LogP) is 1.54. The molecule has 0 spiro atoms. The van der Waals surface area contributed by atoms with Gasteiger partial charge < -0.3 is 14.4 Å². The molecule has 4 nitrogen and oxygen atoms in total. The standard InChI is InChI=1S/C12H21NO3/c1-11(2,3)16-9-6-10(14)13-8(9)7-15-12(13,4)5/h8-9H,6-7H2,1-5H3/t8-,9+/m1/s1. The molecule has 0 bridgehead atoms. The van der Waals surface area contributed by atoms with Gasteiger partial charge in [0.05, 0.1) is 30.8 Å². The molecular weight excluding hydrogens is 206 g/mol. The average Bonchev–Trinajstić information content (AvgIpc) is 2.51. The van der Waals surface area contributed by atoms with Crippen molar-refractivity contribution in [2.24, 2.45) is 0 Å². The van der Waals surface area contributed by atoms with Crippen LogP contribution in [0, 0.1) is 0 Å². The molecule has 16 heavy (non-hydrogen) atoms. The van der Waals surface area contributed by atoms with Crippen molar-refractivity contribution in [1.29, 1.82) is 0 Å². The molecule has 1 amide bonds. The van der Waals surface area contributed by atoms with Gasteiger partial charge in [-0.25, -0.2) is 0 Å². The molecule has 4 heteroatoms. The Hall–Kier alpha value is -0.610.